The van der Waals surface area contributed by atoms with Crippen LogP contribution in [0, 0.1) is 0 Å². The predicted molar refractivity (Wildman–Crippen MR) is 84.6 cm³/mol. The normalized spacial score (nSPS) is 13.5. The van der Waals surface area contributed by atoms with E-state index in [0.717, 1.165) is 11.1 Å². The molecule has 0 saturated carbocycles. The van der Waals surface area contributed by atoms with Crippen LogP contribution in [0.5, 0.6) is 5.75 Å². The molecule has 118 valence electrons. The molecule has 0 saturated heterocycles. The number of para-hydroxylation sites is 1. The predicted octanol–water partition coefficient (Wildman–Crippen LogP) is 3.25. The number of rotatable bonds is 8. The molecule has 0 amide bonds. The van der Waals surface area contributed by atoms with Gasteiger partial charge in [0.05, 0.1) is 0 Å². The van der Waals surface area contributed by atoms with E-state index in [-0.39, 0.29) is 6.61 Å². The van der Waals surface area contributed by atoms with E-state index in [0.29, 0.717) is 12.4 Å². The van der Waals surface area contributed by atoms with Crippen molar-refractivity contribution in [3.8, 4) is 16.9 Å². The Morgan fingerprint density at radius 2 is 1.77 bits per heavy atom. The molecule has 5 nitrogen and oxygen atoms in total. The van der Waals surface area contributed by atoms with Gasteiger partial charge in [0.25, 0.3) is 0 Å². The maximum Gasteiger partial charge on any atom is 0.302 e. The Bertz CT molecular complexity index is 602. The van der Waals surface area contributed by atoms with Crippen LogP contribution >= 0.6 is 0 Å². The lowest BCUT2D eigenvalue weighted by atomic mass is 10.1. The maximum absolute atomic E-state index is 10.6. The van der Waals surface area contributed by atoms with Crippen LogP contribution in [0.4, 0.5) is 0 Å². The highest BCUT2D eigenvalue weighted by Crippen LogP contribution is 2.30. The molecule has 0 aliphatic carbocycles. The molecule has 0 fully saturated rings. The zero-order valence-electron chi connectivity index (χ0n) is 12.2. The van der Waals surface area contributed by atoms with Gasteiger partial charge in [-0.3, -0.25) is 8.74 Å². The Labute approximate surface area is 132 Å². The Morgan fingerprint density at radius 1 is 1.09 bits per heavy atom. The molecule has 1 N–H and O–H groups in total. The van der Waals surface area contributed by atoms with Gasteiger partial charge >= 0.3 is 11.4 Å². The summed E-state index contributed by atoms with van der Waals surface area (Å²) in [5.74, 6) is 0.625. The fraction of sp³-hybridized carbons (Fsp3) is 0.250. The third-order valence-electron chi connectivity index (χ3n) is 2.89. The van der Waals surface area contributed by atoms with E-state index in [1.165, 1.54) is 0 Å². The molecule has 0 aliphatic rings. The Kier molecular flexibility index (Phi) is 6.54. The summed E-state index contributed by atoms with van der Waals surface area (Å²) in [4.78, 5) is 0. The lowest BCUT2D eigenvalue weighted by Crippen LogP contribution is -2.27. The van der Waals surface area contributed by atoms with Crippen LogP contribution < -0.4 is 4.74 Å². The van der Waals surface area contributed by atoms with Crippen LogP contribution in [-0.4, -0.2) is 28.3 Å². The number of benzene rings is 2. The van der Waals surface area contributed by atoms with Crippen molar-refractivity contribution in [2.75, 3.05) is 13.2 Å². The molecule has 0 radical (unpaired) electrons. The molecule has 0 heterocycles. The van der Waals surface area contributed by atoms with E-state index in [9.17, 15) is 4.21 Å². The summed E-state index contributed by atoms with van der Waals surface area (Å²) in [6, 6.07) is 17.4. The Hall–Kier alpha value is -1.73. The molecule has 2 aromatic rings. The van der Waals surface area contributed by atoms with Crippen molar-refractivity contribution in [2.45, 2.75) is 13.2 Å². The van der Waals surface area contributed by atoms with E-state index >= 15 is 0 Å². The maximum atomic E-state index is 10.6. The van der Waals surface area contributed by atoms with Gasteiger partial charge < -0.3 is 9.47 Å². The van der Waals surface area contributed by atoms with Crippen molar-refractivity contribution in [1.82, 2.24) is 0 Å². The SMILES string of the molecule is CCOC(COS(=O)O)Oc1ccccc1-c1ccccc1. The summed E-state index contributed by atoms with van der Waals surface area (Å²) in [6.45, 7) is 2.08. The van der Waals surface area contributed by atoms with Gasteiger partial charge in [-0.25, -0.2) is 0 Å². The minimum absolute atomic E-state index is 0.139. The van der Waals surface area contributed by atoms with Crippen LogP contribution in [0.3, 0.4) is 0 Å². The van der Waals surface area contributed by atoms with Gasteiger partial charge in [0, 0.05) is 12.2 Å². The summed E-state index contributed by atoms with van der Waals surface area (Å²) in [6.07, 6.45) is -0.758. The molecule has 22 heavy (non-hydrogen) atoms. The van der Waals surface area contributed by atoms with Crippen molar-refractivity contribution >= 4 is 11.4 Å². The third-order valence-corrected chi connectivity index (χ3v) is 3.23. The zero-order chi connectivity index (χ0) is 15.8. The standard InChI is InChI=1S/C16H18O5S/c1-2-19-16(12-20-22(17)18)21-15-11-7-6-10-14(15)13-8-4-3-5-9-13/h3-11,16H,2,12H2,1H3,(H,17,18). The summed E-state index contributed by atoms with van der Waals surface area (Å²) in [5, 5.41) is 0. The molecule has 0 spiro atoms. The lowest BCUT2D eigenvalue weighted by Gasteiger charge is -2.20. The van der Waals surface area contributed by atoms with Crippen molar-refractivity contribution in [3.05, 3.63) is 54.6 Å². The topological polar surface area (TPSA) is 65.0 Å². The average molecular weight is 322 g/mol. The second-order valence-corrected chi connectivity index (χ2v) is 5.04. The number of hydrogen-bond acceptors (Lipinski definition) is 4. The lowest BCUT2D eigenvalue weighted by molar-refractivity contribution is -0.0961. The largest absolute Gasteiger partial charge is 0.462 e. The fourth-order valence-corrected chi connectivity index (χ4v) is 2.21. The molecular formula is C16H18O5S. The first-order valence-electron chi connectivity index (χ1n) is 6.87. The summed E-state index contributed by atoms with van der Waals surface area (Å²) < 4.78 is 35.2. The number of ether oxygens (including phenoxy) is 2. The Morgan fingerprint density at radius 3 is 2.45 bits per heavy atom. The second kappa shape index (κ2) is 8.65. The minimum Gasteiger partial charge on any atom is -0.462 e. The third kappa shape index (κ3) is 4.92. The number of hydrogen-bond donors (Lipinski definition) is 1. The van der Waals surface area contributed by atoms with Gasteiger partial charge in [-0.15, -0.1) is 0 Å². The monoisotopic (exact) mass is 322 g/mol. The molecule has 0 aliphatic heterocycles. The summed E-state index contributed by atoms with van der Waals surface area (Å²) >= 11 is -2.35. The van der Waals surface area contributed by atoms with Gasteiger partial charge in [-0.05, 0) is 18.6 Å². The summed E-state index contributed by atoms with van der Waals surface area (Å²) in [7, 11) is 0. The molecule has 2 aromatic carbocycles. The van der Waals surface area contributed by atoms with Crippen LogP contribution in [0.25, 0.3) is 11.1 Å². The second-order valence-electron chi connectivity index (χ2n) is 4.37. The van der Waals surface area contributed by atoms with Crippen molar-refractivity contribution in [3.63, 3.8) is 0 Å². The van der Waals surface area contributed by atoms with Gasteiger partial charge in [-0.2, -0.15) is 4.21 Å². The molecule has 0 bridgehead atoms. The molecule has 6 heteroatoms. The Balaban J connectivity index is 2.18. The average Bonchev–Trinajstić information content (AvgIpc) is 2.54. The highest BCUT2D eigenvalue weighted by molar-refractivity contribution is 7.74. The van der Waals surface area contributed by atoms with Crippen molar-refractivity contribution < 1.29 is 22.4 Å². The van der Waals surface area contributed by atoms with Crippen LogP contribution in [0.2, 0.25) is 0 Å². The van der Waals surface area contributed by atoms with Crippen molar-refractivity contribution in [1.29, 1.82) is 0 Å². The fourth-order valence-electron chi connectivity index (χ4n) is 1.98. The first-order chi connectivity index (χ1) is 10.7. The molecule has 2 rings (SSSR count). The van der Waals surface area contributed by atoms with E-state index in [2.05, 4.69) is 4.18 Å². The zero-order valence-corrected chi connectivity index (χ0v) is 13.0. The van der Waals surface area contributed by atoms with Gasteiger partial charge in [0.2, 0.25) is 6.29 Å². The van der Waals surface area contributed by atoms with Crippen molar-refractivity contribution in [2.24, 2.45) is 0 Å². The first kappa shape index (κ1) is 16.6. The highest BCUT2D eigenvalue weighted by atomic mass is 32.2. The smallest absolute Gasteiger partial charge is 0.302 e. The quantitative estimate of drug-likeness (QED) is 0.597. The molecule has 0 aromatic heterocycles. The van der Waals surface area contributed by atoms with E-state index < -0.39 is 17.7 Å². The van der Waals surface area contributed by atoms with Gasteiger partial charge in [-0.1, -0.05) is 48.5 Å². The molecular weight excluding hydrogens is 304 g/mol. The summed E-state index contributed by atoms with van der Waals surface area (Å²) in [5.41, 5.74) is 1.93. The van der Waals surface area contributed by atoms with E-state index in [1.807, 2.05) is 61.5 Å². The van der Waals surface area contributed by atoms with Crippen LogP contribution in [0.15, 0.2) is 54.6 Å². The van der Waals surface area contributed by atoms with Crippen LogP contribution in [-0.2, 0) is 20.3 Å². The molecule has 2 unspecified atom stereocenters. The molecule has 2 atom stereocenters. The van der Waals surface area contributed by atoms with Gasteiger partial charge in [0.1, 0.15) is 12.4 Å². The highest BCUT2D eigenvalue weighted by Gasteiger charge is 2.15. The van der Waals surface area contributed by atoms with E-state index in [4.69, 9.17) is 14.0 Å². The van der Waals surface area contributed by atoms with E-state index in [1.54, 1.807) is 0 Å². The first-order valence-corrected chi connectivity index (χ1v) is 7.90. The van der Waals surface area contributed by atoms with Gasteiger partial charge in [0.15, 0.2) is 0 Å². The van der Waals surface area contributed by atoms with Crippen LogP contribution in [0.1, 0.15) is 6.92 Å². The minimum atomic E-state index is -2.35.